The van der Waals surface area contributed by atoms with Crippen LogP contribution in [0.3, 0.4) is 0 Å². The lowest BCUT2D eigenvalue weighted by Crippen LogP contribution is -2.21. The quantitative estimate of drug-likeness (QED) is 0.428. The highest BCUT2D eigenvalue weighted by Crippen LogP contribution is 2.00. The minimum atomic E-state index is -0.433. The van der Waals surface area contributed by atoms with Crippen LogP contribution in [0.15, 0.2) is 24.9 Å². The summed E-state index contributed by atoms with van der Waals surface area (Å²) >= 11 is 0. The molecule has 0 aliphatic rings. The minimum absolute atomic E-state index is 0.374. The second-order valence-corrected chi connectivity index (χ2v) is 3.66. The van der Waals surface area contributed by atoms with Crippen molar-refractivity contribution in [3.8, 4) is 0 Å². The van der Waals surface area contributed by atoms with Gasteiger partial charge in [0, 0.05) is 18.5 Å². The van der Waals surface area contributed by atoms with Crippen molar-refractivity contribution in [3.63, 3.8) is 0 Å². The topological polar surface area (TPSA) is 67.0 Å². The SMILES string of the molecule is C=Cc1cnc(CCCNOC(=O)C(=C)C)[nH]1. The van der Waals surface area contributed by atoms with Crippen LogP contribution >= 0.6 is 0 Å². The van der Waals surface area contributed by atoms with Crippen molar-refractivity contribution in [3.05, 3.63) is 36.4 Å². The summed E-state index contributed by atoms with van der Waals surface area (Å²) in [6, 6.07) is 0. The van der Waals surface area contributed by atoms with Crippen molar-refractivity contribution in [2.45, 2.75) is 19.8 Å². The number of hydroxylamine groups is 1. The maximum absolute atomic E-state index is 11.0. The predicted molar refractivity (Wildman–Crippen MR) is 65.9 cm³/mol. The fourth-order valence-corrected chi connectivity index (χ4v) is 1.14. The van der Waals surface area contributed by atoms with Crippen molar-refractivity contribution < 1.29 is 9.63 Å². The van der Waals surface area contributed by atoms with E-state index in [0.29, 0.717) is 12.1 Å². The van der Waals surface area contributed by atoms with Gasteiger partial charge >= 0.3 is 5.97 Å². The molecule has 0 radical (unpaired) electrons. The van der Waals surface area contributed by atoms with Gasteiger partial charge in [0.05, 0.1) is 11.9 Å². The number of nitrogens with zero attached hydrogens (tertiary/aromatic N) is 1. The van der Waals surface area contributed by atoms with Gasteiger partial charge in [-0.05, 0) is 19.4 Å². The highest BCUT2D eigenvalue weighted by atomic mass is 16.7. The Kier molecular flexibility index (Phi) is 5.16. The van der Waals surface area contributed by atoms with Gasteiger partial charge in [-0.2, -0.15) is 5.48 Å². The number of carbonyl (C=O) groups excluding carboxylic acids is 1. The number of nitrogens with one attached hydrogen (secondary N) is 2. The van der Waals surface area contributed by atoms with E-state index in [1.54, 1.807) is 19.2 Å². The van der Waals surface area contributed by atoms with Gasteiger partial charge < -0.3 is 9.82 Å². The number of rotatable bonds is 7. The van der Waals surface area contributed by atoms with Crippen molar-refractivity contribution in [2.24, 2.45) is 0 Å². The van der Waals surface area contributed by atoms with Crippen LogP contribution in [-0.2, 0) is 16.1 Å². The number of H-pyrrole nitrogens is 1. The second kappa shape index (κ2) is 6.65. The van der Waals surface area contributed by atoms with E-state index in [-0.39, 0.29) is 0 Å². The summed E-state index contributed by atoms with van der Waals surface area (Å²) in [6.07, 6.45) is 5.04. The van der Waals surface area contributed by atoms with Crippen molar-refractivity contribution in [1.29, 1.82) is 0 Å². The number of imidazole rings is 1. The van der Waals surface area contributed by atoms with Crippen molar-refractivity contribution in [1.82, 2.24) is 15.4 Å². The summed E-state index contributed by atoms with van der Waals surface area (Å²) < 4.78 is 0. The van der Waals surface area contributed by atoms with Crippen LogP contribution in [0.2, 0.25) is 0 Å². The Hall–Kier alpha value is -1.88. The van der Waals surface area contributed by atoms with Gasteiger partial charge in [0.15, 0.2) is 0 Å². The van der Waals surface area contributed by atoms with Crippen LogP contribution in [-0.4, -0.2) is 22.5 Å². The Morgan fingerprint density at radius 2 is 2.47 bits per heavy atom. The molecule has 0 aromatic carbocycles. The Labute approximate surface area is 101 Å². The molecule has 1 aromatic rings. The monoisotopic (exact) mass is 235 g/mol. The van der Waals surface area contributed by atoms with E-state index in [4.69, 9.17) is 4.84 Å². The van der Waals surface area contributed by atoms with Crippen molar-refractivity contribution >= 4 is 12.0 Å². The molecule has 17 heavy (non-hydrogen) atoms. The van der Waals surface area contributed by atoms with Crippen LogP contribution in [0.1, 0.15) is 24.9 Å². The highest BCUT2D eigenvalue weighted by Gasteiger charge is 2.02. The molecule has 1 aromatic heterocycles. The largest absolute Gasteiger partial charge is 0.367 e. The van der Waals surface area contributed by atoms with Gasteiger partial charge in [0.2, 0.25) is 0 Å². The molecule has 5 nitrogen and oxygen atoms in total. The molecular weight excluding hydrogens is 218 g/mol. The first-order valence-corrected chi connectivity index (χ1v) is 5.39. The number of aryl methyl sites for hydroxylation is 1. The molecule has 0 fully saturated rings. The van der Waals surface area contributed by atoms with Gasteiger partial charge in [0.1, 0.15) is 5.82 Å². The summed E-state index contributed by atoms with van der Waals surface area (Å²) in [4.78, 5) is 23.0. The number of hydrogen-bond donors (Lipinski definition) is 2. The molecule has 0 unspecified atom stereocenters. The highest BCUT2D eigenvalue weighted by molar-refractivity contribution is 5.86. The molecule has 0 aliphatic carbocycles. The fourth-order valence-electron chi connectivity index (χ4n) is 1.14. The van der Waals surface area contributed by atoms with Gasteiger partial charge in [-0.3, -0.25) is 0 Å². The summed E-state index contributed by atoms with van der Waals surface area (Å²) in [6.45, 7) is 9.29. The first-order chi connectivity index (χ1) is 8.13. The van der Waals surface area contributed by atoms with E-state index in [0.717, 1.165) is 24.4 Å². The third kappa shape index (κ3) is 4.65. The van der Waals surface area contributed by atoms with Gasteiger partial charge in [-0.1, -0.05) is 13.2 Å². The van der Waals surface area contributed by atoms with E-state index >= 15 is 0 Å². The Bertz CT molecular complexity index is 410. The standard InChI is InChI=1S/C12H17N3O2/c1-4-10-8-13-11(15-10)6-5-7-14-17-12(16)9(2)3/h4,8,14H,1-2,5-7H2,3H3,(H,13,15). The number of carbonyl (C=O) groups is 1. The molecule has 1 rings (SSSR count). The number of aromatic nitrogens is 2. The lowest BCUT2D eigenvalue weighted by atomic mass is 10.3. The second-order valence-electron chi connectivity index (χ2n) is 3.66. The molecule has 5 heteroatoms. The van der Waals surface area contributed by atoms with E-state index in [2.05, 4.69) is 28.6 Å². The lowest BCUT2D eigenvalue weighted by molar-refractivity contribution is -0.146. The lowest BCUT2D eigenvalue weighted by Gasteiger charge is -2.04. The minimum Gasteiger partial charge on any atom is -0.367 e. The molecule has 0 spiro atoms. The molecular formula is C12H17N3O2. The first-order valence-electron chi connectivity index (χ1n) is 5.39. The summed E-state index contributed by atoms with van der Waals surface area (Å²) in [5.41, 5.74) is 3.86. The van der Waals surface area contributed by atoms with E-state index in [1.165, 1.54) is 0 Å². The third-order valence-electron chi connectivity index (χ3n) is 2.07. The average molecular weight is 235 g/mol. The molecule has 0 bridgehead atoms. The fraction of sp³-hybridized carbons (Fsp3) is 0.333. The van der Waals surface area contributed by atoms with Crippen LogP contribution in [0.4, 0.5) is 0 Å². The van der Waals surface area contributed by atoms with Gasteiger partial charge in [0.25, 0.3) is 0 Å². The Balaban J connectivity index is 2.14. The maximum atomic E-state index is 11.0. The molecule has 0 amide bonds. The summed E-state index contributed by atoms with van der Waals surface area (Å²) in [5.74, 6) is 0.463. The van der Waals surface area contributed by atoms with E-state index < -0.39 is 5.97 Å². The summed E-state index contributed by atoms with van der Waals surface area (Å²) in [7, 11) is 0. The molecule has 0 aliphatic heterocycles. The normalized spacial score (nSPS) is 9.94. The molecule has 92 valence electrons. The Morgan fingerprint density at radius 3 is 3.06 bits per heavy atom. The molecule has 2 N–H and O–H groups in total. The van der Waals surface area contributed by atoms with Gasteiger partial charge in [-0.25, -0.2) is 9.78 Å². The number of aromatic amines is 1. The van der Waals surface area contributed by atoms with Gasteiger partial charge in [-0.15, -0.1) is 0 Å². The maximum Gasteiger partial charge on any atom is 0.351 e. The first kappa shape index (κ1) is 13.2. The van der Waals surface area contributed by atoms with E-state index in [9.17, 15) is 4.79 Å². The zero-order valence-electron chi connectivity index (χ0n) is 9.95. The van der Waals surface area contributed by atoms with E-state index in [1.807, 2.05) is 0 Å². The number of hydrogen-bond acceptors (Lipinski definition) is 4. The molecule has 0 atom stereocenters. The van der Waals surface area contributed by atoms with Crippen molar-refractivity contribution in [2.75, 3.05) is 6.54 Å². The smallest absolute Gasteiger partial charge is 0.351 e. The van der Waals surface area contributed by atoms with Crippen LogP contribution in [0, 0.1) is 0 Å². The zero-order chi connectivity index (χ0) is 12.7. The Morgan fingerprint density at radius 1 is 1.71 bits per heavy atom. The molecule has 0 saturated heterocycles. The third-order valence-corrected chi connectivity index (χ3v) is 2.07. The zero-order valence-corrected chi connectivity index (χ0v) is 9.95. The molecule has 0 saturated carbocycles. The predicted octanol–water partition coefficient (Wildman–Crippen LogP) is 1.61. The molecule has 1 heterocycles. The van der Waals surface area contributed by atoms with Crippen LogP contribution < -0.4 is 5.48 Å². The summed E-state index contributed by atoms with van der Waals surface area (Å²) in [5, 5.41) is 0. The van der Waals surface area contributed by atoms with Crippen LogP contribution in [0.5, 0.6) is 0 Å². The van der Waals surface area contributed by atoms with Crippen LogP contribution in [0.25, 0.3) is 6.08 Å². The average Bonchev–Trinajstić information content (AvgIpc) is 2.76.